The molecule has 2 aromatic rings. The van der Waals surface area contributed by atoms with E-state index in [1.807, 2.05) is 13.8 Å². The van der Waals surface area contributed by atoms with Crippen LogP contribution in [0.1, 0.15) is 58.1 Å². The summed E-state index contributed by atoms with van der Waals surface area (Å²) in [6.45, 7) is 7.97. The molecular formula is C22H24O5S. The average molecular weight is 400 g/mol. The van der Waals surface area contributed by atoms with Crippen LogP contribution in [0, 0.1) is 19.3 Å². The van der Waals surface area contributed by atoms with Gasteiger partial charge in [-0.3, -0.25) is 4.18 Å². The molecule has 1 atom stereocenters. The minimum atomic E-state index is -3.92. The SMILES string of the molecule is Cc1ccc(S(=O)(=O)OC[C@@H]2OC(=O)c3c4c(cc(C)c32)CC(C)(C)C4)cc1. The number of cyclic esters (lactones) is 1. The van der Waals surface area contributed by atoms with Crippen LogP contribution in [0.3, 0.4) is 0 Å². The molecule has 0 N–H and O–H groups in total. The van der Waals surface area contributed by atoms with Crippen molar-refractivity contribution in [3.8, 4) is 0 Å². The highest BCUT2D eigenvalue weighted by atomic mass is 32.2. The number of fused-ring (bicyclic) bond motifs is 3. The zero-order chi connectivity index (χ0) is 20.3. The molecule has 1 aliphatic heterocycles. The van der Waals surface area contributed by atoms with Crippen LogP contribution in [0.2, 0.25) is 0 Å². The van der Waals surface area contributed by atoms with Crippen molar-refractivity contribution in [2.45, 2.75) is 51.5 Å². The minimum absolute atomic E-state index is 0.0927. The molecule has 148 valence electrons. The monoisotopic (exact) mass is 400 g/mol. The van der Waals surface area contributed by atoms with Gasteiger partial charge in [0.1, 0.15) is 6.61 Å². The number of rotatable bonds is 4. The lowest BCUT2D eigenvalue weighted by Crippen LogP contribution is -2.14. The Hall–Kier alpha value is -2.18. The Morgan fingerprint density at radius 2 is 1.82 bits per heavy atom. The van der Waals surface area contributed by atoms with E-state index in [2.05, 4.69) is 19.9 Å². The molecule has 5 nitrogen and oxygen atoms in total. The second-order valence-electron chi connectivity index (χ2n) is 8.58. The van der Waals surface area contributed by atoms with Crippen LogP contribution in [0.25, 0.3) is 0 Å². The maximum absolute atomic E-state index is 12.6. The first kappa shape index (κ1) is 19.2. The molecule has 0 bridgehead atoms. The van der Waals surface area contributed by atoms with Gasteiger partial charge in [0, 0.05) is 5.56 Å². The lowest BCUT2D eigenvalue weighted by molar-refractivity contribution is 0.0273. The van der Waals surface area contributed by atoms with Gasteiger partial charge >= 0.3 is 5.97 Å². The van der Waals surface area contributed by atoms with Crippen LogP contribution in [0.5, 0.6) is 0 Å². The third kappa shape index (κ3) is 3.25. The summed E-state index contributed by atoms with van der Waals surface area (Å²) >= 11 is 0. The predicted molar refractivity (Wildman–Crippen MR) is 105 cm³/mol. The van der Waals surface area contributed by atoms with E-state index in [1.165, 1.54) is 17.7 Å². The summed E-state index contributed by atoms with van der Waals surface area (Å²) in [5.41, 5.74) is 5.62. The molecule has 6 heteroatoms. The third-order valence-corrected chi connectivity index (χ3v) is 6.85. The summed E-state index contributed by atoms with van der Waals surface area (Å²) in [4.78, 5) is 12.7. The topological polar surface area (TPSA) is 69.7 Å². The van der Waals surface area contributed by atoms with Crippen LogP contribution in [0.15, 0.2) is 35.2 Å². The highest BCUT2D eigenvalue weighted by Gasteiger charge is 2.41. The molecule has 0 unspecified atom stereocenters. The molecule has 0 saturated heterocycles. The van der Waals surface area contributed by atoms with Crippen LogP contribution < -0.4 is 0 Å². The Bertz CT molecular complexity index is 1070. The Morgan fingerprint density at radius 3 is 2.50 bits per heavy atom. The fraction of sp³-hybridized carbons (Fsp3) is 0.409. The Balaban J connectivity index is 1.62. The van der Waals surface area contributed by atoms with Crippen LogP contribution in [-0.4, -0.2) is 21.0 Å². The smallest absolute Gasteiger partial charge is 0.339 e. The predicted octanol–water partition coefficient (Wildman–Crippen LogP) is 4.05. The van der Waals surface area contributed by atoms with E-state index in [0.717, 1.165) is 35.1 Å². The van der Waals surface area contributed by atoms with Crippen molar-refractivity contribution in [1.29, 1.82) is 0 Å². The van der Waals surface area contributed by atoms with Gasteiger partial charge in [0.15, 0.2) is 6.10 Å². The van der Waals surface area contributed by atoms with Crippen molar-refractivity contribution >= 4 is 16.1 Å². The molecule has 2 aromatic carbocycles. The van der Waals surface area contributed by atoms with Crippen LogP contribution in [0.4, 0.5) is 0 Å². The van der Waals surface area contributed by atoms with Gasteiger partial charge in [0.2, 0.25) is 0 Å². The third-order valence-electron chi connectivity index (χ3n) is 5.56. The Kier molecular flexibility index (Phi) is 4.39. The fourth-order valence-electron chi connectivity index (χ4n) is 4.30. The van der Waals surface area contributed by atoms with E-state index in [0.29, 0.717) is 5.56 Å². The normalized spacial score (nSPS) is 20.0. The number of hydrogen-bond donors (Lipinski definition) is 0. The first-order chi connectivity index (χ1) is 13.1. The Labute approximate surface area is 165 Å². The zero-order valence-corrected chi connectivity index (χ0v) is 17.4. The van der Waals surface area contributed by atoms with E-state index >= 15 is 0 Å². The van der Waals surface area contributed by atoms with Gasteiger partial charge in [-0.05, 0) is 60.9 Å². The fourth-order valence-corrected chi connectivity index (χ4v) is 5.21. The van der Waals surface area contributed by atoms with E-state index in [1.54, 1.807) is 12.1 Å². The van der Waals surface area contributed by atoms with Gasteiger partial charge in [-0.15, -0.1) is 0 Å². The first-order valence-electron chi connectivity index (χ1n) is 9.40. The molecule has 0 radical (unpaired) electrons. The number of esters is 1. The molecule has 1 heterocycles. The summed E-state index contributed by atoms with van der Waals surface area (Å²) in [5.74, 6) is -0.381. The molecule has 0 aromatic heterocycles. The molecule has 0 fully saturated rings. The van der Waals surface area contributed by atoms with Crippen molar-refractivity contribution in [3.63, 3.8) is 0 Å². The molecule has 4 rings (SSSR count). The van der Waals surface area contributed by atoms with Crippen molar-refractivity contribution in [1.82, 2.24) is 0 Å². The molecule has 1 aliphatic carbocycles. The highest BCUT2D eigenvalue weighted by molar-refractivity contribution is 7.86. The van der Waals surface area contributed by atoms with Gasteiger partial charge < -0.3 is 4.74 Å². The van der Waals surface area contributed by atoms with Crippen molar-refractivity contribution < 1.29 is 22.1 Å². The summed E-state index contributed by atoms with van der Waals surface area (Å²) in [6.07, 6.45) is 1.03. The molecular weight excluding hydrogens is 376 g/mol. The van der Waals surface area contributed by atoms with Gasteiger partial charge in [0.05, 0.1) is 10.5 Å². The van der Waals surface area contributed by atoms with Crippen molar-refractivity contribution in [2.24, 2.45) is 5.41 Å². The maximum Gasteiger partial charge on any atom is 0.339 e. The number of aryl methyl sites for hydroxylation is 2. The number of benzene rings is 2. The van der Waals surface area contributed by atoms with Crippen LogP contribution in [-0.2, 0) is 31.9 Å². The standard InChI is InChI=1S/C22H24O5S/c1-13-5-7-16(8-6-13)28(24,25)26-12-18-19-14(2)9-15-10-22(3,4)11-17(15)20(19)21(23)27-18/h5-9,18H,10-12H2,1-4H3/t18-/m0/s1. The van der Waals surface area contributed by atoms with E-state index in [9.17, 15) is 13.2 Å². The van der Waals surface area contributed by atoms with Gasteiger partial charge in [-0.2, -0.15) is 8.42 Å². The molecule has 0 spiro atoms. The zero-order valence-electron chi connectivity index (χ0n) is 16.5. The molecule has 2 aliphatic rings. The molecule has 0 amide bonds. The minimum Gasteiger partial charge on any atom is -0.451 e. The lowest BCUT2D eigenvalue weighted by Gasteiger charge is -2.14. The molecule has 28 heavy (non-hydrogen) atoms. The Morgan fingerprint density at radius 1 is 1.14 bits per heavy atom. The summed E-state index contributed by atoms with van der Waals surface area (Å²) in [5, 5.41) is 0. The highest BCUT2D eigenvalue weighted by Crippen LogP contribution is 2.45. The second kappa shape index (κ2) is 6.42. The lowest BCUT2D eigenvalue weighted by atomic mass is 9.89. The quantitative estimate of drug-likeness (QED) is 0.572. The van der Waals surface area contributed by atoms with E-state index in [-0.39, 0.29) is 22.9 Å². The van der Waals surface area contributed by atoms with Crippen molar-refractivity contribution in [2.75, 3.05) is 6.61 Å². The summed E-state index contributed by atoms with van der Waals surface area (Å²) in [7, 11) is -3.92. The summed E-state index contributed by atoms with van der Waals surface area (Å²) < 4.78 is 35.8. The molecule has 0 saturated carbocycles. The largest absolute Gasteiger partial charge is 0.451 e. The number of ether oxygens (including phenoxy) is 1. The second-order valence-corrected chi connectivity index (χ2v) is 10.2. The average Bonchev–Trinajstić information content (AvgIpc) is 3.09. The number of hydrogen-bond acceptors (Lipinski definition) is 5. The van der Waals surface area contributed by atoms with E-state index in [4.69, 9.17) is 8.92 Å². The van der Waals surface area contributed by atoms with Gasteiger partial charge in [-0.1, -0.05) is 37.6 Å². The maximum atomic E-state index is 12.6. The number of carbonyl (C=O) groups excluding carboxylic acids is 1. The van der Waals surface area contributed by atoms with Crippen LogP contribution >= 0.6 is 0 Å². The van der Waals surface area contributed by atoms with Crippen molar-refractivity contribution in [3.05, 3.63) is 63.7 Å². The first-order valence-corrected chi connectivity index (χ1v) is 10.8. The summed E-state index contributed by atoms with van der Waals surface area (Å²) in [6, 6.07) is 8.57. The van der Waals surface area contributed by atoms with E-state index < -0.39 is 16.2 Å². The van der Waals surface area contributed by atoms with Gasteiger partial charge in [-0.25, -0.2) is 4.79 Å². The van der Waals surface area contributed by atoms with Gasteiger partial charge in [0.25, 0.3) is 10.1 Å². The number of carbonyl (C=O) groups is 1.